The molecule has 0 saturated carbocycles. The first-order chi connectivity index (χ1) is 10.1. The van der Waals surface area contributed by atoms with Gasteiger partial charge < -0.3 is 10.0 Å². The van der Waals surface area contributed by atoms with E-state index in [0.29, 0.717) is 12.6 Å². The van der Waals surface area contributed by atoms with Gasteiger partial charge in [-0.2, -0.15) is 0 Å². The summed E-state index contributed by atoms with van der Waals surface area (Å²) in [5.41, 5.74) is 0. The molecule has 1 atom stereocenters. The largest absolute Gasteiger partial charge is 0.395 e. The van der Waals surface area contributed by atoms with Crippen molar-refractivity contribution in [1.82, 2.24) is 9.80 Å². The van der Waals surface area contributed by atoms with Crippen molar-refractivity contribution in [1.29, 1.82) is 0 Å². The molecule has 0 aliphatic carbocycles. The Kier molecular flexibility index (Phi) is 5.99. The maximum atomic E-state index is 9.43. The quantitative estimate of drug-likeness (QED) is 0.808. The van der Waals surface area contributed by atoms with Crippen LogP contribution in [-0.4, -0.2) is 68.0 Å². The average Bonchev–Trinajstić information content (AvgIpc) is 2.51. The lowest BCUT2D eigenvalue weighted by atomic mass is 10.2. The molecule has 0 bridgehead atoms. The van der Waals surface area contributed by atoms with E-state index in [1.54, 1.807) is 5.19 Å². The highest BCUT2D eigenvalue weighted by atomic mass is 28.3. The van der Waals surface area contributed by atoms with Gasteiger partial charge in [-0.3, -0.25) is 4.90 Å². The summed E-state index contributed by atoms with van der Waals surface area (Å²) in [4.78, 5) is 5.08. The van der Waals surface area contributed by atoms with Crippen LogP contribution in [0, 0.1) is 0 Å². The van der Waals surface area contributed by atoms with Gasteiger partial charge >= 0.3 is 0 Å². The van der Waals surface area contributed by atoms with Gasteiger partial charge in [0.1, 0.15) is 0 Å². The number of aliphatic hydroxyl groups excluding tert-OH is 1. The number of hydrogen-bond acceptors (Lipinski definition) is 3. The Labute approximate surface area is 130 Å². The van der Waals surface area contributed by atoms with Crippen molar-refractivity contribution in [3.8, 4) is 0 Å². The van der Waals surface area contributed by atoms with Crippen LogP contribution in [0.15, 0.2) is 30.3 Å². The standard InChI is InChI=1S/C17H30N2OSi/c1-4-16(14-20)19-12-10-18(11-13-19)15-21(2,3)17-8-6-5-7-9-17/h5-9,16,20H,4,10-15H2,1-3H3/t16-/m1/s1. The molecular formula is C17H30N2OSi. The van der Waals surface area contributed by atoms with Crippen molar-refractivity contribution >= 4 is 13.3 Å². The smallest absolute Gasteiger partial charge is 0.0948 e. The summed E-state index contributed by atoms with van der Waals surface area (Å²) in [6.07, 6.45) is 2.28. The first kappa shape index (κ1) is 16.7. The molecule has 3 nitrogen and oxygen atoms in total. The van der Waals surface area contributed by atoms with Gasteiger partial charge in [-0.05, 0) is 12.6 Å². The lowest BCUT2D eigenvalue weighted by Gasteiger charge is -2.41. The van der Waals surface area contributed by atoms with Crippen molar-refractivity contribution in [2.24, 2.45) is 0 Å². The highest BCUT2D eigenvalue weighted by molar-refractivity contribution is 6.89. The molecule has 0 unspecified atom stereocenters. The SMILES string of the molecule is CC[C@H](CO)N1CCN(C[Si](C)(C)c2ccccc2)CC1. The lowest BCUT2D eigenvalue weighted by Crippen LogP contribution is -2.58. The summed E-state index contributed by atoms with van der Waals surface area (Å²) in [5, 5.41) is 11.0. The van der Waals surface area contributed by atoms with E-state index in [1.807, 2.05) is 0 Å². The molecule has 0 spiro atoms. The Hall–Kier alpha value is -0.683. The van der Waals surface area contributed by atoms with Crippen molar-refractivity contribution < 1.29 is 5.11 Å². The van der Waals surface area contributed by atoms with Crippen LogP contribution < -0.4 is 5.19 Å². The van der Waals surface area contributed by atoms with Crippen LogP contribution in [0.2, 0.25) is 13.1 Å². The molecule has 1 fully saturated rings. The Morgan fingerprint density at radius 3 is 2.24 bits per heavy atom. The highest BCUT2D eigenvalue weighted by Crippen LogP contribution is 2.12. The third kappa shape index (κ3) is 4.39. The summed E-state index contributed by atoms with van der Waals surface area (Å²) in [6.45, 7) is 11.9. The maximum Gasteiger partial charge on any atom is 0.0948 e. The Bertz CT molecular complexity index is 412. The molecule has 1 aromatic carbocycles. The van der Waals surface area contributed by atoms with Gasteiger partial charge in [0.25, 0.3) is 0 Å². The molecule has 1 saturated heterocycles. The molecule has 1 N–H and O–H groups in total. The molecule has 21 heavy (non-hydrogen) atoms. The van der Waals surface area contributed by atoms with Gasteiger partial charge in [0, 0.05) is 32.2 Å². The maximum absolute atomic E-state index is 9.43. The van der Waals surface area contributed by atoms with E-state index in [0.717, 1.165) is 32.6 Å². The predicted molar refractivity (Wildman–Crippen MR) is 92.7 cm³/mol. The van der Waals surface area contributed by atoms with Crippen molar-refractivity contribution in [3.05, 3.63) is 30.3 Å². The minimum absolute atomic E-state index is 0.292. The number of rotatable bonds is 6. The fraction of sp³-hybridized carbons (Fsp3) is 0.647. The second kappa shape index (κ2) is 7.54. The minimum Gasteiger partial charge on any atom is -0.395 e. The topological polar surface area (TPSA) is 26.7 Å². The van der Waals surface area contributed by atoms with Gasteiger partial charge in [0.05, 0.1) is 14.7 Å². The van der Waals surface area contributed by atoms with Crippen LogP contribution in [0.3, 0.4) is 0 Å². The van der Waals surface area contributed by atoms with Gasteiger partial charge in [-0.25, -0.2) is 0 Å². The van der Waals surface area contributed by atoms with Crippen LogP contribution in [0.4, 0.5) is 0 Å². The normalized spacial score (nSPS) is 19.6. The molecule has 1 aliphatic heterocycles. The van der Waals surface area contributed by atoms with Crippen LogP contribution in [-0.2, 0) is 0 Å². The zero-order valence-corrected chi connectivity index (χ0v) is 14.8. The zero-order valence-electron chi connectivity index (χ0n) is 13.8. The zero-order chi connectivity index (χ0) is 15.3. The fourth-order valence-corrected chi connectivity index (χ4v) is 6.04. The first-order valence-corrected chi connectivity index (χ1v) is 11.4. The number of piperazine rings is 1. The third-order valence-electron chi connectivity index (χ3n) is 4.78. The molecule has 4 heteroatoms. The highest BCUT2D eigenvalue weighted by Gasteiger charge is 2.29. The minimum atomic E-state index is -1.37. The van der Waals surface area contributed by atoms with Gasteiger partial charge in [0.2, 0.25) is 0 Å². The average molecular weight is 307 g/mol. The van der Waals surface area contributed by atoms with E-state index in [1.165, 1.54) is 6.17 Å². The van der Waals surface area contributed by atoms with E-state index < -0.39 is 8.07 Å². The van der Waals surface area contributed by atoms with Crippen LogP contribution >= 0.6 is 0 Å². The van der Waals surface area contributed by atoms with E-state index in [-0.39, 0.29) is 0 Å². The number of hydrogen-bond donors (Lipinski definition) is 1. The van der Waals surface area contributed by atoms with Crippen molar-refractivity contribution in [3.63, 3.8) is 0 Å². The van der Waals surface area contributed by atoms with E-state index in [9.17, 15) is 5.11 Å². The lowest BCUT2D eigenvalue weighted by molar-refractivity contribution is 0.0697. The number of benzene rings is 1. The predicted octanol–water partition coefficient (Wildman–Crippen LogP) is 1.53. The molecule has 2 rings (SSSR count). The molecule has 118 valence electrons. The second-order valence-corrected chi connectivity index (χ2v) is 11.5. The van der Waals surface area contributed by atoms with Crippen LogP contribution in [0.5, 0.6) is 0 Å². The van der Waals surface area contributed by atoms with Gasteiger partial charge in [0.15, 0.2) is 0 Å². The van der Waals surface area contributed by atoms with E-state index in [4.69, 9.17) is 0 Å². The Balaban J connectivity index is 1.88. The summed E-state index contributed by atoms with van der Waals surface area (Å²) < 4.78 is 0. The van der Waals surface area contributed by atoms with Crippen LogP contribution in [0.1, 0.15) is 13.3 Å². The molecular weight excluding hydrogens is 276 g/mol. The number of aliphatic hydroxyl groups is 1. The molecule has 0 radical (unpaired) electrons. The summed E-state index contributed by atoms with van der Waals surface area (Å²) in [7, 11) is -1.37. The summed E-state index contributed by atoms with van der Waals surface area (Å²) in [6, 6.07) is 11.4. The molecule has 1 aromatic rings. The van der Waals surface area contributed by atoms with Crippen LogP contribution in [0.25, 0.3) is 0 Å². The summed E-state index contributed by atoms with van der Waals surface area (Å²) in [5.74, 6) is 0. The molecule has 0 amide bonds. The van der Waals surface area contributed by atoms with Gasteiger partial charge in [-0.1, -0.05) is 55.5 Å². The fourth-order valence-electron chi connectivity index (χ4n) is 3.33. The molecule has 1 heterocycles. The molecule has 1 aliphatic rings. The molecule has 0 aromatic heterocycles. The Morgan fingerprint density at radius 1 is 1.10 bits per heavy atom. The monoisotopic (exact) mass is 306 g/mol. The van der Waals surface area contributed by atoms with Crippen molar-refractivity contribution in [2.45, 2.75) is 32.5 Å². The van der Waals surface area contributed by atoms with E-state index in [2.05, 4.69) is 60.1 Å². The Morgan fingerprint density at radius 2 is 1.71 bits per heavy atom. The second-order valence-electron chi connectivity index (χ2n) is 6.81. The number of nitrogens with zero attached hydrogens (tertiary/aromatic N) is 2. The summed E-state index contributed by atoms with van der Waals surface area (Å²) >= 11 is 0. The van der Waals surface area contributed by atoms with Crippen molar-refractivity contribution in [2.75, 3.05) is 39.0 Å². The first-order valence-electron chi connectivity index (χ1n) is 8.19. The van der Waals surface area contributed by atoms with Gasteiger partial charge in [-0.15, -0.1) is 0 Å². The third-order valence-corrected chi connectivity index (χ3v) is 7.91. The van der Waals surface area contributed by atoms with E-state index >= 15 is 0 Å².